The fraction of sp³-hybridized carbons (Fsp3) is 0.138. The fourth-order valence-corrected chi connectivity index (χ4v) is 5.50. The molecule has 0 aliphatic rings. The van der Waals surface area contributed by atoms with Crippen molar-refractivity contribution in [2.24, 2.45) is 0 Å². The lowest BCUT2D eigenvalue weighted by atomic mass is 10.2. The number of para-hydroxylation sites is 3. The second-order valence-corrected chi connectivity index (χ2v) is 10.3. The van der Waals surface area contributed by atoms with Crippen LogP contribution in [0.15, 0.2) is 102 Å². The van der Waals surface area contributed by atoms with Crippen molar-refractivity contribution < 1.29 is 22.7 Å². The molecule has 0 fully saturated rings. The second kappa shape index (κ2) is 11.2. The number of carbonyl (C=O) groups is 1. The zero-order valence-corrected chi connectivity index (χ0v) is 21.7. The summed E-state index contributed by atoms with van der Waals surface area (Å²) < 4.78 is 39.9. The number of aryl methyl sites for hydroxylation is 2. The van der Waals surface area contributed by atoms with Crippen LogP contribution in [0.2, 0.25) is 0 Å². The Kier molecular flexibility index (Phi) is 7.79. The number of hydrogen-bond acceptors (Lipinski definition) is 5. The van der Waals surface area contributed by atoms with E-state index in [2.05, 4.69) is 5.32 Å². The van der Waals surface area contributed by atoms with Crippen molar-refractivity contribution in [2.75, 3.05) is 23.3 Å². The highest BCUT2D eigenvalue weighted by Gasteiger charge is 2.29. The Morgan fingerprint density at radius 1 is 0.838 bits per heavy atom. The number of hydrogen-bond donors (Lipinski definition) is 1. The SMILES string of the molecule is COc1ccc(N(CC(=O)Nc2ccccc2Oc2ccccc2)S(=O)(=O)c2cc(C)ccc2C)cc1. The first kappa shape index (κ1) is 25.8. The molecule has 4 rings (SSSR count). The molecular weight excluding hydrogens is 488 g/mol. The Balaban J connectivity index is 1.65. The van der Waals surface area contributed by atoms with Crippen molar-refractivity contribution in [3.05, 3.63) is 108 Å². The van der Waals surface area contributed by atoms with Crippen LogP contribution in [-0.2, 0) is 14.8 Å². The van der Waals surface area contributed by atoms with Gasteiger partial charge in [-0.3, -0.25) is 9.10 Å². The van der Waals surface area contributed by atoms with Gasteiger partial charge in [0.15, 0.2) is 5.75 Å². The molecule has 0 spiro atoms. The molecule has 0 bridgehead atoms. The van der Waals surface area contributed by atoms with Crippen LogP contribution in [0.5, 0.6) is 17.2 Å². The van der Waals surface area contributed by atoms with Gasteiger partial charge >= 0.3 is 0 Å². The maximum Gasteiger partial charge on any atom is 0.265 e. The average molecular weight is 517 g/mol. The molecule has 1 amide bonds. The topological polar surface area (TPSA) is 84.9 Å². The zero-order valence-electron chi connectivity index (χ0n) is 20.8. The Labute approximate surface area is 217 Å². The average Bonchev–Trinajstić information content (AvgIpc) is 2.90. The standard InChI is InChI=1S/C29H28N2O5S/c1-21-13-14-22(2)28(19-21)37(33,34)31(23-15-17-24(35-3)18-16-23)20-29(32)30-26-11-7-8-12-27(26)36-25-9-5-4-6-10-25/h4-19H,20H2,1-3H3,(H,30,32). The molecular formula is C29H28N2O5S. The minimum atomic E-state index is -4.07. The van der Waals surface area contributed by atoms with Gasteiger partial charge < -0.3 is 14.8 Å². The van der Waals surface area contributed by atoms with E-state index >= 15 is 0 Å². The Morgan fingerprint density at radius 2 is 1.51 bits per heavy atom. The summed E-state index contributed by atoms with van der Waals surface area (Å²) in [7, 11) is -2.54. The highest BCUT2D eigenvalue weighted by molar-refractivity contribution is 7.93. The molecule has 0 aliphatic heterocycles. The van der Waals surface area contributed by atoms with Crippen molar-refractivity contribution in [3.8, 4) is 17.2 Å². The summed E-state index contributed by atoms with van der Waals surface area (Å²) in [5.41, 5.74) is 2.15. The van der Waals surface area contributed by atoms with Crippen LogP contribution < -0.4 is 19.1 Å². The predicted octanol–water partition coefficient (Wildman–Crippen LogP) is 5.94. The van der Waals surface area contributed by atoms with Gasteiger partial charge in [0.05, 0.1) is 23.4 Å². The number of nitrogens with one attached hydrogen (secondary N) is 1. The molecule has 0 aromatic heterocycles. The highest BCUT2D eigenvalue weighted by Crippen LogP contribution is 2.31. The molecule has 1 N–H and O–H groups in total. The maximum atomic E-state index is 13.8. The van der Waals surface area contributed by atoms with Crippen LogP contribution in [0.3, 0.4) is 0 Å². The van der Waals surface area contributed by atoms with Crippen molar-refractivity contribution in [1.82, 2.24) is 0 Å². The Bertz CT molecular complexity index is 1490. The van der Waals surface area contributed by atoms with Crippen molar-refractivity contribution in [3.63, 3.8) is 0 Å². The van der Waals surface area contributed by atoms with E-state index in [1.165, 1.54) is 7.11 Å². The lowest BCUT2D eigenvalue weighted by Gasteiger charge is -2.25. The lowest BCUT2D eigenvalue weighted by Crippen LogP contribution is -2.38. The molecule has 0 radical (unpaired) electrons. The number of sulfonamides is 1. The van der Waals surface area contributed by atoms with Gasteiger partial charge in [0, 0.05) is 0 Å². The second-order valence-electron chi connectivity index (χ2n) is 8.44. The van der Waals surface area contributed by atoms with Gasteiger partial charge in [-0.25, -0.2) is 8.42 Å². The van der Waals surface area contributed by atoms with E-state index in [0.29, 0.717) is 34.2 Å². The minimum absolute atomic E-state index is 0.143. The summed E-state index contributed by atoms with van der Waals surface area (Å²) in [5, 5.41) is 2.81. The molecule has 0 heterocycles. The normalized spacial score (nSPS) is 11.0. The summed E-state index contributed by atoms with van der Waals surface area (Å²) in [4.78, 5) is 13.4. The molecule has 37 heavy (non-hydrogen) atoms. The number of methoxy groups -OCH3 is 1. The molecule has 4 aromatic rings. The van der Waals surface area contributed by atoms with Gasteiger partial charge in [0.25, 0.3) is 10.0 Å². The molecule has 0 saturated heterocycles. The molecule has 0 aliphatic carbocycles. The summed E-state index contributed by atoms with van der Waals surface area (Å²) in [6, 6.07) is 27.9. The van der Waals surface area contributed by atoms with Crippen LogP contribution in [0, 0.1) is 13.8 Å². The first-order chi connectivity index (χ1) is 17.8. The minimum Gasteiger partial charge on any atom is -0.497 e. The zero-order chi connectivity index (χ0) is 26.4. The van der Waals surface area contributed by atoms with E-state index in [0.717, 1.165) is 9.87 Å². The number of ether oxygens (including phenoxy) is 2. The third-order valence-corrected chi connectivity index (χ3v) is 7.61. The summed E-state index contributed by atoms with van der Waals surface area (Å²) in [5.74, 6) is 1.11. The largest absolute Gasteiger partial charge is 0.497 e. The van der Waals surface area contributed by atoms with Crippen LogP contribution in [-0.4, -0.2) is 28.0 Å². The highest BCUT2D eigenvalue weighted by atomic mass is 32.2. The van der Waals surface area contributed by atoms with Crippen LogP contribution in [0.1, 0.15) is 11.1 Å². The van der Waals surface area contributed by atoms with E-state index in [1.54, 1.807) is 79.7 Å². The summed E-state index contributed by atoms with van der Waals surface area (Å²) >= 11 is 0. The maximum absolute atomic E-state index is 13.8. The van der Waals surface area contributed by atoms with Crippen LogP contribution >= 0.6 is 0 Å². The molecule has 0 saturated carbocycles. The van der Waals surface area contributed by atoms with Gasteiger partial charge in [0.2, 0.25) is 5.91 Å². The van der Waals surface area contributed by atoms with Gasteiger partial charge in [-0.15, -0.1) is 0 Å². The third-order valence-electron chi connectivity index (χ3n) is 5.69. The molecule has 190 valence electrons. The first-order valence-electron chi connectivity index (χ1n) is 11.6. The molecule has 7 nitrogen and oxygen atoms in total. The van der Waals surface area contributed by atoms with Crippen molar-refractivity contribution >= 4 is 27.3 Å². The number of rotatable bonds is 9. The van der Waals surface area contributed by atoms with E-state index in [9.17, 15) is 13.2 Å². The smallest absolute Gasteiger partial charge is 0.265 e. The predicted molar refractivity (Wildman–Crippen MR) is 145 cm³/mol. The van der Waals surface area contributed by atoms with E-state index in [-0.39, 0.29) is 4.90 Å². The third kappa shape index (κ3) is 6.10. The molecule has 0 unspecified atom stereocenters. The number of amides is 1. The first-order valence-corrected chi connectivity index (χ1v) is 13.1. The Hall–Kier alpha value is -4.30. The van der Waals surface area contributed by atoms with Gasteiger partial charge in [-0.2, -0.15) is 0 Å². The summed E-state index contributed by atoms with van der Waals surface area (Å²) in [6.07, 6.45) is 0. The summed E-state index contributed by atoms with van der Waals surface area (Å²) in [6.45, 7) is 3.12. The number of nitrogens with zero attached hydrogens (tertiary/aromatic N) is 1. The quantitative estimate of drug-likeness (QED) is 0.298. The Morgan fingerprint density at radius 3 is 2.22 bits per heavy atom. The lowest BCUT2D eigenvalue weighted by molar-refractivity contribution is -0.114. The van der Waals surface area contributed by atoms with Crippen molar-refractivity contribution in [1.29, 1.82) is 0 Å². The molecule has 8 heteroatoms. The monoisotopic (exact) mass is 516 g/mol. The van der Waals surface area contributed by atoms with E-state index in [1.807, 2.05) is 31.2 Å². The number of carbonyl (C=O) groups excluding carboxylic acids is 1. The van der Waals surface area contributed by atoms with Gasteiger partial charge in [0.1, 0.15) is 18.0 Å². The van der Waals surface area contributed by atoms with E-state index < -0.39 is 22.5 Å². The molecule has 0 atom stereocenters. The van der Waals surface area contributed by atoms with Gasteiger partial charge in [-0.1, -0.05) is 42.5 Å². The van der Waals surface area contributed by atoms with Crippen LogP contribution in [0.25, 0.3) is 0 Å². The van der Waals surface area contributed by atoms with Crippen molar-refractivity contribution in [2.45, 2.75) is 18.7 Å². The fourth-order valence-electron chi connectivity index (χ4n) is 3.76. The number of benzene rings is 4. The van der Waals surface area contributed by atoms with Gasteiger partial charge in [-0.05, 0) is 79.6 Å². The van der Waals surface area contributed by atoms with Crippen LogP contribution in [0.4, 0.5) is 11.4 Å². The number of anilines is 2. The molecule has 4 aromatic carbocycles. The van der Waals surface area contributed by atoms with E-state index in [4.69, 9.17) is 9.47 Å².